The van der Waals surface area contributed by atoms with Gasteiger partial charge in [0.2, 0.25) is 0 Å². The summed E-state index contributed by atoms with van der Waals surface area (Å²) in [6.45, 7) is 4.05. The van der Waals surface area contributed by atoms with Crippen molar-refractivity contribution in [2.45, 2.75) is 19.8 Å². The molecule has 1 aliphatic heterocycles. The Labute approximate surface area is 145 Å². The van der Waals surface area contributed by atoms with E-state index in [1.165, 1.54) is 30.7 Å². The first-order valence-corrected chi connectivity index (χ1v) is 8.56. The molecule has 1 aromatic heterocycles. The minimum Gasteiger partial charge on any atom is -0.372 e. The predicted molar refractivity (Wildman–Crippen MR) is 98.8 cm³/mol. The fourth-order valence-corrected chi connectivity index (χ4v) is 3.46. The van der Waals surface area contributed by atoms with Gasteiger partial charge in [-0.2, -0.15) is 0 Å². The first kappa shape index (κ1) is 15.7. The molecule has 1 saturated heterocycles. The summed E-state index contributed by atoms with van der Waals surface area (Å²) in [6.07, 6.45) is 2.47. The average Bonchev–Trinajstić information content (AvgIpc) is 3.24. The first-order chi connectivity index (χ1) is 12.1. The fraction of sp³-hybridized carbons (Fsp3) is 0.250. The average molecular weight is 337 g/mol. The summed E-state index contributed by atoms with van der Waals surface area (Å²) < 4.78 is 13.4. The van der Waals surface area contributed by atoms with Gasteiger partial charge in [-0.25, -0.2) is 4.39 Å². The molecular formula is C20H20FN3O. The van der Waals surface area contributed by atoms with Gasteiger partial charge in [0.25, 0.3) is 5.91 Å². The lowest BCUT2D eigenvalue weighted by Gasteiger charge is -2.17. The molecule has 0 spiro atoms. The summed E-state index contributed by atoms with van der Waals surface area (Å²) in [6, 6.07) is 12.4. The summed E-state index contributed by atoms with van der Waals surface area (Å²) in [5.74, 6) is -0.541. The minimum absolute atomic E-state index is 0.219. The third-order valence-corrected chi connectivity index (χ3v) is 4.84. The van der Waals surface area contributed by atoms with Crippen molar-refractivity contribution < 1.29 is 9.18 Å². The smallest absolute Gasteiger partial charge is 0.272 e. The highest BCUT2D eigenvalue weighted by molar-refractivity contribution is 6.07. The lowest BCUT2D eigenvalue weighted by atomic mass is 10.1. The molecule has 0 saturated carbocycles. The summed E-state index contributed by atoms with van der Waals surface area (Å²) in [5, 5.41) is 3.77. The highest BCUT2D eigenvalue weighted by atomic mass is 19.1. The van der Waals surface area contributed by atoms with E-state index in [9.17, 15) is 9.18 Å². The lowest BCUT2D eigenvalue weighted by Crippen LogP contribution is -2.17. The Balaban J connectivity index is 1.54. The molecule has 0 radical (unpaired) electrons. The van der Waals surface area contributed by atoms with Gasteiger partial charge >= 0.3 is 0 Å². The Bertz CT molecular complexity index is 924. The van der Waals surface area contributed by atoms with Crippen LogP contribution in [0.3, 0.4) is 0 Å². The number of hydrogen-bond acceptors (Lipinski definition) is 2. The highest BCUT2D eigenvalue weighted by Crippen LogP contribution is 2.25. The number of carbonyl (C=O) groups is 1. The number of nitrogens with one attached hydrogen (secondary N) is 2. The molecule has 0 bridgehead atoms. The van der Waals surface area contributed by atoms with Crippen molar-refractivity contribution >= 4 is 28.2 Å². The summed E-state index contributed by atoms with van der Waals surface area (Å²) in [5.41, 5.74) is 3.85. The second-order valence-corrected chi connectivity index (χ2v) is 6.51. The van der Waals surface area contributed by atoms with E-state index in [-0.39, 0.29) is 11.7 Å². The number of nitrogens with zero attached hydrogens (tertiary/aromatic N) is 1. The SMILES string of the molecule is Cc1c(C(=O)Nc2ccc(N3CCCC3)cc2)[nH]c2cc(F)ccc12. The van der Waals surface area contributed by atoms with Crippen LogP contribution in [0.25, 0.3) is 10.9 Å². The van der Waals surface area contributed by atoms with Crippen molar-refractivity contribution in [1.29, 1.82) is 0 Å². The number of benzene rings is 2. The van der Waals surface area contributed by atoms with Gasteiger partial charge in [0, 0.05) is 35.4 Å². The van der Waals surface area contributed by atoms with Crippen LogP contribution in [0.4, 0.5) is 15.8 Å². The molecule has 1 amide bonds. The lowest BCUT2D eigenvalue weighted by molar-refractivity contribution is 0.102. The van der Waals surface area contributed by atoms with Crippen LogP contribution in [0.15, 0.2) is 42.5 Å². The molecule has 5 heteroatoms. The molecule has 1 fully saturated rings. The number of aromatic amines is 1. The number of rotatable bonds is 3. The van der Waals surface area contributed by atoms with Crippen LogP contribution in [-0.2, 0) is 0 Å². The third-order valence-electron chi connectivity index (χ3n) is 4.84. The Morgan fingerprint density at radius 3 is 2.56 bits per heavy atom. The second kappa shape index (κ2) is 6.24. The zero-order valence-electron chi connectivity index (χ0n) is 14.1. The molecule has 0 atom stereocenters. The minimum atomic E-state index is -0.321. The number of halogens is 1. The third kappa shape index (κ3) is 2.97. The molecule has 4 rings (SSSR count). The maximum atomic E-state index is 13.4. The maximum Gasteiger partial charge on any atom is 0.272 e. The van der Waals surface area contributed by atoms with E-state index in [0.29, 0.717) is 11.2 Å². The van der Waals surface area contributed by atoms with E-state index in [1.54, 1.807) is 6.07 Å². The van der Waals surface area contributed by atoms with Gasteiger partial charge in [0.1, 0.15) is 11.5 Å². The Morgan fingerprint density at radius 2 is 1.84 bits per heavy atom. The number of fused-ring (bicyclic) bond motifs is 1. The normalized spacial score (nSPS) is 14.2. The van der Waals surface area contributed by atoms with E-state index in [1.807, 2.05) is 31.2 Å². The number of aromatic nitrogens is 1. The topological polar surface area (TPSA) is 48.1 Å². The number of anilines is 2. The van der Waals surface area contributed by atoms with Crippen molar-refractivity contribution in [3.8, 4) is 0 Å². The fourth-order valence-electron chi connectivity index (χ4n) is 3.46. The molecule has 128 valence electrons. The van der Waals surface area contributed by atoms with Crippen LogP contribution in [0.2, 0.25) is 0 Å². The standard InChI is InChI=1S/C20H20FN3O/c1-13-17-9-4-14(21)12-18(17)23-19(13)20(25)22-15-5-7-16(8-6-15)24-10-2-3-11-24/h4-9,12,23H,2-3,10-11H2,1H3,(H,22,25). The highest BCUT2D eigenvalue weighted by Gasteiger charge is 2.16. The second-order valence-electron chi connectivity index (χ2n) is 6.51. The van der Waals surface area contributed by atoms with Crippen molar-refractivity contribution in [3.63, 3.8) is 0 Å². The van der Waals surface area contributed by atoms with Crippen molar-refractivity contribution in [1.82, 2.24) is 4.98 Å². The largest absolute Gasteiger partial charge is 0.372 e. The first-order valence-electron chi connectivity index (χ1n) is 8.56. The van der Waals surface area contributed by atoms with Crippen molar-refractivity contribution in [2.24, 2.45) is 0 Å². The molecule has 2 aromatic carbocycles. The predicted octanol–water partition coefficient (Wildman–Crippen LogP) is 4.47. The molecular weight excluding hydrogens is 317 g/mol. The van der Waals surface area contributed by atoms with E-state index in [2.05, 4.69) is 15.2 Å². The van der Waals surface area contributed by atoms with E-state index < -0.39 is 0 Å². The summed E-state index contributed by atoms with van der Waals surface area (Å²) in [7, 11) is 0. The van der Waals surface area contributed by atoms with Crippen LogP contribution in [0.1, 0.15) is 28.9 Å². The van der Waals surface area contributed by atoms with Crippen molar-refractivity contribution in [3.05, 3.63) is 59.5 Å². The zero-order valence-corrected chi connectivity index (χ0v) is 14.1. The van der Waals surface area contributed by atoms with Gasteiger partial charge < -0.3 is 15.2 Å². The van der Waals surface area contributed by atoms with Gasteiger partial charge in [-0.3, -0.25) is 4.79 Å². The number of aryl methyl sites for hydroxylation is 1. The molecule has 2 heterocycles. The van der Waals surface area contributed by atoms with Gasteiger partial charge in [0.15, 0.2) is 0 Å². The number of amides is 1. The molecule has 4 nitrogen and oxygen atoms in total. The van der Waals surface area contributed by atoms with Crippen molar-refractivity contribution in [2.75, 3.05) is 23.3 Å². The number of H-pyrrole nitrogens is 1. The molecule has 1 aliphatic rings. The van der Waals surface area contributed by atoms with Gasteiger partial charge in [0.05, 0.1) is 0 Å². The Morgan fingerprint density at radius 1 is 1.12 bits per heavy atom. The van der Waals surface area contributed by atoms with Gasteiger partial charge in [-0.05, 0) is 67.8 Å². The monoisotopic (exact) mass is 337 g/mol. The molecule has 3 aromatic rings. The van der Waals surface area contributed by atoms with Crippen LogP contribution < -0.4 is 10.2 Å². The van der Waals surface area contributed by atoms with Crippen LogP contribution in [0, 0.1) is 12.7 Å². The van der Waals surface area contributed by atoms with Gasteiger partial charge in [-0.15, -0.1) is 0 Å². The summed E-state index contributed by atoms with van der Waals surface area (Å²) in [4.78, 5) is 18.0. The van der Waals surface area contributed by atoms with Crippen LogP contribution in [-0.4, -0.2) is 24.0 Å². The van der Waals surface area contributed by atoms with Gasteiger partial charge in [-0.1, -0.05) is 0 Å². The zero-order chi connectivity index (χ0) is 17.4. The Kier molecular flexibility index (Phi) is 3.92. The molecule has 0 aliphatic carbocycles. The number of carbonyl (C=O) groups excluding carboxylic acids is 1. The van der Waals surface area contributed by atoms with E-state index >= 15 is 0 Å². The summed E-state index contributed by atoms with van der Waals surface area (Å²) >= 11 is 0. The Hall–Kier alpha value is -2.82. The quantitative estimate of drug-likeness (QED) is 0.741. The van der Waals surface area contributed by atoms with Crippen LogP contribution in [0.5, 0.6) is 0 Å². The van der Waals surface area contributed by atoms with E-state index in [4.69, 9.17) is 0 Å². The van der Waals surface area contributed by atoms with E-state index in [0.717, 1.165) is 29.7 Å². The van der Waals surface area contributed by atoms with Crippen LogP contribution >= 0.6 is 0 Å². The molecule has 0 unspecified atom stereocenters. The number of hydrogen-bond donors (Lipinski definition) is 2. The molecule has 2 N–H and O–H groups in total. The maximum absolute atomic E-state index is 13.4. The molecule has 25 heavy (non-hydrogen) atoms.